The number of hydrogen-bond acceptors (Lipinski definition) is 5. The van der Waals surface area contributed by atoms with E-state index in [9.17, 15) is 0 Å². The maximum atomic E-state index is 5.64. The van der Waals surface area contributed by atoms with Gasteiger partial charge in [0, 0.05) is 17.1 Å². The van der Waals surface area contributed by atoms with E-state index in [1.807, 2.05) is 11.6 Å². The number of hydrogen-bond donors (Lipinski definition) is 1. The van der Waals surface area contributed by atoms with Crippen molar-refractivity contribution in [3.05, 3.63) is 41.4 Å². The highest BCUT2D eigenvalue weighted by Gasteiger charge is 2.08. The first-order valence-corrected chi connectivity index (χ1v) is 7.16. The van der Waals surface area contributed by atoms with Gasteiger partial charge in [-0.05, 0) is 6.92 Å². The van der Waals surface area contributed by atoms with Crippen molar-refractivity contribution in [1.29, 1.82) is 0 Å². The third-order valence-electron chi connectivity index (χ3n) is 2.58. The molecule has 2 N–H and O–H groups in total. The van der Waals surface area contributed by atoms with E-state index in [1.54, 1.807) is 11.3 Å². The number of nitrogens with zero attached hydrogens (tertiary/aromatic N) is 2. The molecule has 2 aromatic heterocycles. The van der Waals surface area contributed by atoms with Crippen molar-refractivity contribution in [2.75, 3.05) is 5.73 Å². The molecular formula is C13H11N3S2. The first-order chi connectivity index (χ1) is 8.72. The number of rotatable bonds is 2. The van der Waals surface area contributed by atoms with E-state index in [0.717, 1.165) is 21.1 Å². The lowest BCUT2D eigenvalue weighted by Gasteiger charge is -1.96. The minimum absolute atomic E-state index is 0.593. The third kappa shape index (κ3) is 2.14. The Morgan fingerprint density at radius 3 is 2.61 bits per heavy atom. The second kappa shape index (κ2) is 4.51. The van der Waals surface area contributed by atoms with Gasteiger partial charge in [0.15, 0.2) is 5.13 Å². The lowest BCUT2D eigenvalue weighted by Crippen LogP contribution is -1.80. The van der Waals surface area contributed by atoms with Gasteiger partial charge in [0.25, 0.3) is 0 Å². The van der Waals surface area contributed by atoms with Crippen LogP contribution in [0.25, 0.3) is 21.1 Å². The Bertz CT molecular complexity index is 668. The van der Waals surface area contributed by atoms with Gasteiger partial charge in [-0.25, -0.2) is 9.97 Å². The lowest BCUT2D eigenvalue weighted by atomic mass is 10.2. The van der Waals surface area contributed by atoms with Crippen molar-refractivity contribution in [2.45, 2.75) is 6.92 Å². The van der Waals surface area contributed by atoms with E-state index in [-0.39, 0.29) is 0 Å². The molecule has 0 unspecified atom stereocenters. The van der Waals surface area contributed by atoms with E-state index in [1.165, 1.54) is 16.9 Å². The fraction of sp³-hybridized carbons (Fsp3) is 0.0769. The van der Waals surface area contributed by atoms with E-state index in [4.69, 9.17) is 5.73 Å². The van der Waals surface area contributed by atoms with Crippen LogP contribution in [0.1, 0.15) is 5.56 Å². The summed E-state index contributed by atoms with van der Waals surface area (Å²) in [6.07, 6.45) is 1.86. The van der Waals surface area contributed by atoms with Gasteiger partial charge in [-0.15, -0.1) is 22.7 Å². The zero-order valence-electron chi connectivity index (χ0n) is 9.75. The number of thiazole rings is 2. The van der Waals surface area contributed by atoms with Crippen molar-refractivity contribution in [2.24, 2.45) is 0 Å². The van der Waals surface area contributed by atoms with Crippen molar-refractivity contribution in [1.82, 2.24) is 9.97 Å². The molecule has 0 saturated heterocycles. The average molecular weight is 273 g/mol. The quantitative estimate of drug-likeness (QED) is 0.772. The topological polar surface area (TPSA) is 51.8 Å². The molecule has 2 heterocycles. The first-order valence-electron chi connectivity index (χ1n) is 5.46. The molecule has 0 aliphatic carbocycles. The van der Waals surface area contributed by atoms with Gasteiger partial charge in [0.2, 0.25) is 0 Å². The fourth-order valence-corrected chi connectivity index (χ4v) is 3.14. The smallest absolute Gasteiger partial charge is 0.180 e. The van der Waals surface area contributed by atoms with Crippen LogP contribution in [0, 0.1) is 6.92 Å². The fourth-order valence-electron chi connectivity index (χ4n) is 1.62. The highest BCUT2D eigenvalue weighted by Crippen LogP contribution is 2.32. The molecule has 5 heteroatoms. The number of aryl methyl sites for hydroxylation is 1. The van der Waals surface area contributed by atoms with Crippen LogP contribution < -0.4 is 5.73 Å². The molecule has 0 amide bonds. The van der Waals surface area contributed by atoms with E-state index in [0.29, 0.717) is 5.13 Å². The maximum absolute atomic E-state index is 5.64. The van der Waals surface area contributed by atoms with Crippen LogP contribution in [-0.2, 0) is 0 Å². The molecule has 0 aliphatic rings. The number of nitrogens with two attached hydrogens (primary N) is 1. The second-order valence-corrected chi connectivity index (χ2v) is 5.89. The predicted octanol–water partition coefficient (Wildman–Crippen LogP) is 3.82. The second-order valence-electron chi connectivity index (χ2n) is 3.97. The molecular weight excluding hydrogens is 262 g/mol. The van der Waals surface area contributed by atoms with E-state index >= 15 is 0 Å². The van der Waals surface area contributed by atoms with Crippen LogP contribution in [0.5, 0.6) is 0 Å². The highest BCUT2D eigenvalue weighted by molar-refractivity contribution is 7.19. The zero-order valence-corrected chi connectivity index (χ0v) is 11.4. The Labute approximate surface area is 113 Å². The monoisotopic (exact) mass is 273 g/mol. The zero-order chi connectivity index (χ0) is 12.5. The minimum atomic E-state index is 0.593. The number of anilines is 1. The van der Waals surface area contributed by atoms with Gasteiger partial charge < -0.3 is 5.73 Å². The summed E-state index contributed by atoms with van der Waals surface area (Å²) in [5, 5.41) is 3.56. The van der Waals surface area contributed by atoms with Crippen LogP contribution in [0.15, 0.2) is 35.8 Å². The minimum Gasteiger partial charge on any atom is -0.375 e. The maximum Gasteiger partial charge on any atom is 0.180 e. The number of aromatic nitrogens is 2. The van der Waals surface area contributed by atoms with Crippen molar-refractivity contribution in [3.63, 3.8) is 0 Å². The van der Waals surface area contributed by atoms with Crippen molar-refractivity contribution >= 4 is 27.8 Å². The number of nitrogen functional groups attached to an aromatic ring is 1. The third-order valence-corrected chi connectivity index (χ3v) is 4.32. The van der Waals surface area contributed by atoms with Crippen LogP contribution in [0.3, 0.4) is 0 Å². The molecule has 1 aromatic carbocycles. The summed E-state index contributed by atoms with van der Waals surface area (Å²) in [5.41, 5.74) is 8.94. The van der Waals surface area contributed by atoms with Gasteiger partial charge >= 0.3 is 0 Å². The van der Waals surface area contributed by atoms with Gasteiger partial charge in [0.1, 0.15) is 5.01 Å². The summed E-state index contributed by atoms with van der Waals surface area (Å²) < 4.78 is 0. The molecule has 3 aromatic rings. The Balaban J connectivity index is 1.96. The van der Waals surface area contributed by atoms with E-state index < -0.39 is 0 Å². The Morgan fingerprint density at radius 1 is 1.17 bits per heavy atom. The highest BCUT2D eigenvalue weighted by atomic mass is 32.1. The van der Waals surface area contributed by atoms with E-state index in [2.05, 4.69) is 41.2 Å². The van der Waals surface area contributed by atoms with Crippen LogP contribution >= 0.6 is 22.7 Å². The summed E-state index contributed by atoms with van der Waals surface area (Å²) in [6.45, 7) is 2.08. The molecule has 0 atom stereocenters. The van der Waals surface area contributed by atoms with Crippen LogP contribution in [0.4, 0.5) is 5.13 Å². The largest absolute Gasteiger partial charge is 0.375 e. The summed E-state index contributed by atoms with van der Waals surface area (Å²) in [5.74, 6) is 0. The number of benzene rings is 1. The average Bonchev–Trinajstić information content (AvgIpc) is 2.98. The molecule has 0 saturated carbocycles. The van der Waals surface area contributed by atoms with Crippen LogP contribution in [-0.4, -0.2) is 9.97 Å². The summed E-state index contributed by atoms with van der Waals surface area (Å²) in [6, 6.07) is 8.37. The molecule has 0 fully saturated rings. The first kappa shape index (κ1) is 11.4. The standard InChI is InChI=1S/C13H11N3S2/c1-8-2-4-9(5-3-8)12-15-6-11(18-12)10-7-17-13(14)16-10/h2-7H,1H3,(H2,14,16). The van der Waals surface area contributed by atoms with Crippen LogP contribution in [0.2, 0.25) is 0 Å². The normalized spacial score (nSPS) is 10.7. The van der Waals surface area contributed by atoms with Gasteiger partial charge in [-0.2, -0.15) is 0 Å². The Hall–Kier alpha value is -1.72. The molecule has 3 rings (SSSR count). The molecule has 90 valence electrons. The van der Waals surface area contributed by atoms with Gasteiger partial charge in [-0.3, -0.25) is 0 Å². The summed E-state index contributed by atoms with van der Waals surface area (Å²) >= 11 is 3.09. The molecule has 0 aliphatic heterocycles. The molecule has 0 spiro atoms. The molecule has 0 radical (unpaired) electrons. The SMILES string of the molecule is Cc1ccc(-c2ncc(-c3csc(N)n3)s2)cc1. The van der Waals surface area contributed by atoms with Crippen molar-refractivity contribution < 1.29 is 0 Å². The van der Waals surface area contributed by atoms with Crippen molar-refractivity contribution in [3.8, 4) is 21.1 Å². The predicted molar refractivity (Wildman–Crippen MR) is 77.8 cm³/mol. The van der Waals surface area contributed by atoms with Gasteiger partial charge in [-0.1, -0.05) is 29.8 Å². The Kier molecular flexibility index (Phi) is 2.85. The molecule has 0 bridgehead atoms. The molecule has 3 nitrogen and oxygen atoms in total. The summed E-state index contributed by atoms with van der Waals surface area (Å²) in [4.78, 5) is 9.77. The Morgan fingerprint density at radius 2 is 1.94 bits per heavy atom. The lowest BCUT2D eigenvalue weighted by molar-refractivity contribution is 1.38. The van der Waals surface area contributed by atoms with Gasteiger partial charge in [0.05, 0.1) is 10.6 Å². The summed E-state index contributed by atoms with van der Waals surface area (Å²) in [7, 11) is 0. The molecule has 18 heavy (non-hydrogen) atoms.